The van der Waals surface area contributed by atoms with Crippen LogP contribution in [0.2, 0.25) is 5.02 Å². The Bertz CT molecular complexity index is 695. The Labute approximate surface area is 126 Å². The second-order valence-electron chi connectivity index (χ2n) is 6.00. The van der Waals surface area contributed by atoms with E-state index in [9.17, 15) is 10.3 Å². The molecule has 0 radical (unpaired) electrons. The lowest BCUT2D eigenvalue weighted by Crippen LogP contribution is -2.26. The van der Waals surface area contributed by atoms with E-state index >= 15 is 0 Å². The number of phenolic OH excluding ortho intramolecular Hbond substituents is 1. The van der Waals surface area contributed by atoms with Gasteiger partial charge in [0.05, 0.1) is 10.1 Å². The van der Waals surface area contributed by atoms with E-state index in [-0.39, 0.29) is 17.1 Å². The van der Waals surface area contributed by atoms with Crippen molar-refractivity contribution in [1.29, 1.82) is 0 Å². The summed E-state index contributed by atoms with van der Waals surface area (Å²) in [7, 11) is 0. The first-order valence-electron chi connectivity index (χ1n) is 6.71. The Balaban J connectivity index is 2.03. The summed E-state index contributed by atoms with van der Waals surface area (Å²) in [4.78, 5) is 0. The zero-order valence-electron chi connectivity index (χ0n) is 10.7. The number of oxime groups is 1. The first-order chi connectivity index (χ1) is 9.57. The van der Waals surface area contributed by atoms with Gasteiger partial charge in [-0.1, -0.05) is 34.4 Å². The zero-order chi connectivity index (χ0) is 14.1. The molecule has 104 valence electrons. The molecule has 2 N–H and O–H groups in total. The van der Waals surface area contributed by atoms with Crippen LogP contribution in [-0.2, 0) is 6.42 Å². The topological polar surface area (TPSA) is 52.8 Å². The molecule has 0 aliphatic heterocycles. The van der Waals surface area contributed by atoms with Crippen molar-refractivity contribution in [1.82, 2.24) is 0 Å². The van der Waals surface area contributed by atoms with E-state index in [1.165, 1.54) is 0 Å². The van der Waals surface area contributed by atoms with Gasteiger partial charge >= 0.3 is 0 Å². The van der Waals surface area contributed by atoms with Crippen LogP contribution in [0.3, 0.4) is 0 Å². The number of aromatic hydroxyl groups is 1. The van der Waals surface area contributed by atoms with E-state index in [0.29, 0.717) is 15.8 Å². The smallest absolute Gasteiger partial charge is 0.134 e. The first kappa shape index (κ1) is 12.5. The van der Waals surface area contributed by atoms with Gasteiger partial charge in [-0.05, 0) is 48.4 Å². The molecule has 3 nitrogen and oxygen atoms in total. The van der Waals surface area contributed by atoms with Crippen LogP contribution in [0.4, 0.5) is 0 Å². The Morgan fingerprint density at radius 3 is 2.85 bits per heavy atom. The summed E-state index contributed by atoms with van der Waals surface area (Å²) >= 11 is 12.8. The molecule has 1 fully saturated rings. The van der Waals surface area contributed by atoms with Gasteiger partial charge < -0.3 is 10.3 Å². The number of fused-ring (bicyclic) bond motifs is 3. The quantitative estimate of drug-likeness (QED) is 0.558. The van der Waals surface area contributed by atoms with E-state index in [0.717, 1.165) is 42.4 Å². The van der Waals surface area contributed by atoms with Gasteiger partial charge in [0.2, 0.25) is 0 Å². The van der Waals surface area contributed by atoms with E-state index in [1.54, 1.807) is 6.07 Å². The van der Waals surface area contributed by atoms with Gasteiger partial charge in [-0.25, -0.2) is 0 Å². The minimum Gasteiger partial charge on any atom is -0.506 e. The predicted molar refractivity (Wildman–Crippen MR) is 78.6 cm³/mol. The standard InChI is InChI=1S/C15H13Cl2NO2/c16-12-9-6-15-4-3-7(5-15)14(18-20)13(17)11(15)8(9)1-2-10(12)19/h1-2,7,19-20H,3-6H2/b18-14+. The molecule has 1 saturated carbocycles. The van der Waals surface area contributed by atoms with Crippen molar-refractivity contribution in [3.8, 4) is 5.75 Å². The van der Waals surface area contributed by atoms with Gasteiger partial charge in [-0.2, -0.15) is 0 Å². The third-order valence-corrected chi connectivity index (χ3v) is 5.89. The number of phenols is 1. The van der Waals surface area contributed by atoms with Crippen LogP contribution in [0.1, 0.15) is 30.4 Å². The number of halogens is 2. The van der Waals surface area contributed by atoms with Crippen LogP contribution in [0.5, 0.6) is 5.75 Å². The summed E-state index contributed by atoms with van der Waals surface area (Å²) < 4.78 is 0. The Morgan fingerprint density at radius 2 is 2.10 bits per heavy atom. The van der Waals surface area contributed by atoms with Gasteiger partial charge in [0, 0.05) is 11.3 Å². The summed E-state index contributed by atoms with van der Waals surface area (Å²) in [6.07, 6.45) is 3.77. The van der Waals surface area contributed by atoms with E-state index in [2.05, 4.69) is 5.16 Å². The summed E-state index contributed by atoms with van der Waals surface area (Å²) in [6, 6.07) is 3.48. The fraction of sp³-hybridized carbons (Fsp3) is 0.400. The fourth-order valence-electron chi connectivity index (χ4n) is 4.26. The molecule has 20 heavy (non-hydrogen) atoms. The molecule has 0 saturated heterocycles. The summed E-state index contributed by atoms with van der Waals surface area (Å²) in [5, 5.41) is 23.5. The average Bonchev–Trinajstić information content (AvgIpc) is 2.96. The number of hydrogen-bond donors (Lipinski definition) is 2. The van der Waals surface area contributed by atoms with Crippen LogP contribution in [0.25, 0.3) is 5.57 Å². The number of allylic oxidation sites excluding steroid dienone is 2. The minimum absolute atomic E-state index is 0.00963. The summed E-state index contributed by atoms with van der Waals surface area (Å²) in [6.45, 7) is 0. The van der Waals surface area contributed by atoms with Crippen molar-refractivity contribution >= 4 is 34.5 Å². The molecule has 0 heterocycles. The van der Waals surface area contributed by atoms with Crippen LogP contribution in [-0.4, -0.2) is 16.0 Å². The molecule has 2 unspecified atom stereocenters. The molecule has 3 aliphatic rings. The Morgan fingerprint density at radius 1 is 1.30 bits per heavy atom. The van der Waals surface area contributed by atoms with Gasteiger partial charge in [0.15, 0.2) is 0 Å². The molecule has 4 rings (SSSR count). The fourth-order valence-corrected chi connectivity index (χ4v) is 4.99. The highest BCUT2D eigenvalue weighted by Crippen LogP contribution is 2.64. The highest BCUT2D eigenvalue weighted by atomic mass is 35.5. The molecule has 1 aromatic carbocycles. The predicted octanol–water partition coefficient (Wildman–Crippen LogP) is 4.18. The largest absolute Gasteiger partial charge is 0.506 e. The number of nitrogens with zero attached hydrogens (tertiary/aromatic N) is 1. The van der Waals surface area contributed by atoms with Crippen molar-refractivity contribution in [2.75, 3.05) is 0 Å². The molecular formula is C15H13Cl2NO2. The van der Waals surface area contributed by atoms with E-state index in [4.69, 9.17) is 23.2 Å². The highest BCUT2D eigenvalue weighted by Gasteiger charge is 2.54. The maximum Gasteiger partial charge on any atom is 0.134 e. The van der Waals surface area contributed by atoms with Crippen molar-refractivity contribution in [3.05, 3.63) is 33.3 Å². The lowest BCUT2D eigenvalue weighted by Gasteiger charge is -2.31. The summed E-state index contributed by atoms with van der Waals surface area (Å²) in [5.74, 6) is 0.348. The van der Waals surface area contributed by atoms with Crippen molar-refractivity contribution in [2.24, 2.45) is 16.5 Å². The molecule has 0 aromatic heterocycles. The second kappa shape index (κ2) is 3.92. The van der Waals surface area contributed by atoms with Crippen LogP contribution >= 0.6 is 23.2 Å². The molecule has 2 bridgehead atoms. The molecule has 2 atom stereocenters. The van der Waals surface area contributed by atoms with Crippen molar-refractivity contribution in [3.63, 3.8) is 0 Å². The van der Waals surface area contributed by atoms with Gasteiger partial charge in [-0.3, -0.25) is 0 Å². The normalized spacial score (nSPS) is 32.7. The van der Waals surface area contributed by atoms with Crippen molar-refractivity contribution < 1.29 is 10.3 Å². The average molecular weight is 310 g/mol. The van der Waals surface area contributed by atoms with Gasteiger partial charge in [0.25, 0.3) is 0 Å². The molecular weight excluding hydrogens is 297 g/mol. The molecule has 1 spiro atoms. The first-order valence-corrected chi connectivity index (χ1v) is 7.46. The maximum absolute atomic E-state index is 9.80. The molecule has 5 heteroatoms. The molecule has 3 aliphatic carbocycles. The van der Waals surface area contributed by atoms with Crippen molar-refractivity contribution in [2.45, 2.75) is 25.7 Å². The SMILES string of the molecule is O/N=C1/C(Cl)=C2c3ccc(O)c(Cl)c3CC23CCC1C3. The number of benzene rings is 1. The van der Waals surface area contributed by atoms with Gasteiger partial charge in [0.1, 0.15) is 11.5 Å². The lowest BCUT2D eigenvalue weighted by molar-refractivity contribution is 0.313. The molecule has 1 aromatic rings. The monoisotopic (exact) mass is 309 g/mol. The lowest BCUT2D eigenvalue weighted by atomic mass is 9.74. The molecule has 0 amide bonds. The second-order valence-corrected chi connectivity index (χ2v) is 6.75. The number of rotatable bonds is 0. The zero-order valence-corrected chi connectivity index (χ0v) is 12.2. The Hall–Kier alpha value is -1.19. The van der Waals surface area contributed by atoms with Crippen LogP contribution < -0.4 is 0 Å². The third kappa shape index (κ3) is 1.35. The maximum atomic E-state index is 9.80. The third-order valence-electron chi connectivity index (χ3n) is 5.08. The van der Waals surface area contributed by atoms with E-state index < -0.39 is 0 Å². The van der Waals surface area contributed by atoms with Crippen LogP contribution in [0.15, 0.2) is 22.3 Å². The van der Waals surface area contributed by atoms with Crippen LogP contribution in [0, 0.1) is 11.3 Å². The summed E-state index contributed by atoms with van der Waals surface area (Å²) in [5.41, 5.74) is 3.64. The highest BCUT2D eigenvalue weighted by molar-refractivity contribution is 6.48. The number of hydrogen-bond acceptors (Lipinski definition) is 3. The Kier molecular flexibility index (Phi) is 2.46. The minimum atomic E-state index is 0.00963. The van der Waals surface area contributed by atoms with Gasteiger partial charge in [-0.15, -0.1) is 0 Å². The van der Waals surface area contributed by atoms with E-state index in [1.807, 2.05) is 6.07 Å².